The number of rotatable bonds is 8. The van der Waals surface area contributed by atoms with Gasteiger partial charge in [-0.15, -0.1) is 11.3 Å². The van der Waals surface area contributed by atoms with E-state index in [-0.39, 0.29) is 0 Å². The van der Waals surface area contributed by atoms with E-state index in [1.54, 1.807) is 0 Å². The minimum atomic E-state index is -0.415. The van der Waals surface area contributed by atoms with Crippen LogP contribution in [0.1, 0.15) is 22.2 Å². The number of nitrogens with zero attached hydrogens (tertiary/aromatic N) is 2. The summed E-state index contributed by atoms with van der Waals surface area (Å²) in [4.78, 5) is 21.8. The zero-order chi connectivity index (χ0) is 19.9. The molecule has 28 heavy (non-hydrogen) atoms. The lowest BCUT2D eigenvalue weighted by Gasteiger charge is -2.06. The number of benzene rings is 1. The van der Waals surface area contributed by atoms with E-state index in [1.165, 1.54) is 30.3 Å². The largest absolute Gasteiger partial charge is 0.492 e. The highest BCUT2D eigenvalue weighted by Crippen LogP contribution is 2.36. The van der Waals surface area contributed by atoms with Crippen molar-refractivity contribution in [2.45, 2.75) is 13.3 Å². The highest BCUT2D eigenvalue weighted by Gasteiger charge is 2.19. The van der Waals surface area contributed by atoms with Gasteiger partial charge in [0.25, 0.3) is 0 Å². The average molecular weight is 462 g/mol. The monoisotopic (exact) mass is 461 g/mol. The summed E-state index contributed by atoms with van der Waals surface area (Å²) in [6, 6.07) is 11.9. The molecule has 3 rings (SSSR count). The summed E-state index contributed by atoms with van der Waals surface area (Å²) in [7, 11) is 1.36. The van der Waals surface area contributed by atoms with Gasteiger partial charge in [0.2, 0.25) is 0 Å². The van der Waals surface area contributed by atoms with Gasteiger partial charge in [-0.3, -0.25) is 0 Å². The summed E-state index contributed by atoms with van der Waals surface area (Å²) in [5, 5.41) is 3.32. The first kappa shape index (κ1) is 20.3. The standard InChI is InChI=1S/C20H20BrN3O3S/c1-3-27-16-11-17(28-19(16)20(25)26-2)15-10-18(24-12-23-15)22-9-8-13-4-6-14(21)7-5-13/h4-7,10-12H,3,8-9H2,1-2H3,(H,22,23,24). The van der Waals surface area contributed by atoms with Crippen LogP contribution in [0.15, 0.2) is 47.2 Å². The molecule has 0 fully saturated rings. The van der Waals surface area contributed by atoms with Crippen LogP contribution in [0.25, 0.3) is 10.6 Å². The third-order valence-electron chi connectivity index (χ3n) is 3.92. The molecule has 0 unspecified atom stereocenters. The van der Waals surface area contributed by atoms with Gasteiger partial charge in [0.05, 0.1) is 24.3 Å². The van der Waals surface area contributed by atoms with Crippen molar-refractivity contribution in [1.29, 1.82) is 0 Å². The summed E-state index contributed by atoms with van der Waals surface area (Å²) < 4.78 is 11.5. The second kappa shape index (κ2) is 9.66. The first-order chi connectivity index (χ1) is 13.6. The van der Waals surface area contributed by atoms with Crippen LogP contribution in [0.5, 0.6) is 5.75 Å². The molecule has 146 valence electrons. The van der Waals surface area contributed by atoms with Crippen molar-refractivity contribution in [2.75, 3.05) is 25.6 Å². The van der Waals surface area contributed by atoms with Crippen LogP contribution < -0.4 is 10.1 Å². The van der Waals surface area contributed by atoms with Crippen molar-refractivity contribution in [1.82, 2.24) is 9.97 Å². The van der Waals surface area contributed by atoms with E-state index in [9.17, 15) is 4.79 Å². The van der Waals surface area contributed by atoms with Gasteiger partial charge in [-0.1, -0.05) is 28.1 Å². The number of nitrogens with one attached hydrogen (secondary N) is 1. The lowest BCUT2D eigenvalue weighted by Crippen LogP contribution is -2.06. The van der Waals surface area contributed by atoms with Crippen LogP contribution in [0.3, 0.4) is 0 Å². The molecule has 0 atom stereocenters. The molecule has 8 heteroatoms. The minimum Gasteiger partial charge on any atom is -0.492 e. The van der Waals surface area contributed by atoms with E-state index in [0.717, 1.165) is 33.8 Å². The summed E-state index contributed by atoms with van der Waals surface area (Å²) in [6.45, 7) is 3.09. The van der Waals surface area contributed by atoms with Crippen molar-refractivity contribution in [2.24, 2.45) is 0 Å². The maximum Gasteiger partial charge on any atom is 0.351 e. The Morgan fingerprint density at radius 1 is 1.21 bits per heavy atom. The molecule has 0 bridgehead atoms. The number of ether oxygens (including phenoxy) is 2. The third kappa shape index (κ3) is 5.08. The fourth-order valence-corrected chi connectivity index (χ4v) is 3.82. The molecule has 0 saturated carbocycles. The smallest absolute Gasteiger partial charge is 0.351 e. The van der Waals surface area contributed by atoms with E-state index in [2.05, 4.69) is 43.3 Å². The van der Waals surface area contributed by atoms with Crippen LogP contribution in [-0.2, 0) is 11.2 Å². The number of aromatic nitrogens is 2. The molecule has 2 aromatic heterocycles. The van der Waals surface area contributed by atoms with Gasteiger partial charge in [-0.05, 0) is 31.0 Å². The van der Waals surface area contributed by atoms with Gasteiger partial charge < -0.3 is 14.8 Å². The van der Waals surface area contributed by atoms with Gasteiger partial charge in [0.1, 0.15) is 17.9 Å². The Morgan fingerprint density at radius 2 is 2.00 bits per heavy atom. The fraction of sp³-hybridized carbons (Fsp3) is 0.250. The highest BCUT2D eigenvalue weighted by molar-refractivity contribution is 9.10. The van der Waals surface area contributed by atoms with Crippen molar-refractivity contribution in [3.05, 3.63) is 57.6 Å². The molecule has 3 aromatic rings. The Morgan fingerprint density at radius 3 is 2.71 bits per heavy atom. The SMILES string of the molecule is CCOc1cc(-c2cc(NCCc3ccc(Br)cc3)ncn2)sc1C(=O)OC. The van der Waals surface area contributed by atoms with E-state index in [0.29, 0.717) is 17.2 Å². The minimum absolute atomic E-state index is 0.415. The van der Waals surface area contributed by atoms with Crippen molar-refractivity contribution in [3.63, 3.8) is 0 Å². The molecule has 1 N–H and O–H groups in total. The number of methoxy groups -OCH3 is 1. The maximum absolute atomic E-state index is 12.0. The van der Waals surface area contributed by atoms with Crippen LogP contribution >= 0.6 is 27.3 Å². The Kier molecular flexibility index (Phi) is 7.00. The molecular weight excluding hydrogens is 442 g/mol. The molecule has 1 aromatic carbocycles. The summed E-state index contributed by atoms with van der Waals surface area (Å²) in [5.41, 5.74) is 1.97. The van der Waals surface area contributed by atoms with Crippen LogP contribution in [0.2, 0.25) is 0 Å². The van der Waals surface area contributed by atoms with Gasteiger partial charge in [0.15, 0.2) is 4.88 Å². The van der Waals surface area contributed by atoms with Gasteiger partial charge in [0, 0.05) is 23.2 Å². The van der Waals surface area contributed by atoms with Crippen molar-refractivity contribution in [3.8, 4) is 16.3 Å². The molecule has 0 aliphatic carbocycles. The second-order valence-electron chi connectivity index (χ2n) is 5.82. The van der Waals surface area contributed by atoms with E-state index in [1.807, 2.05) is 31.2 Å². The maximum atomic E-state index is 12.0. The number of esters is 1. The quantitative estimate of drug-likeness (QED) is 0.485. The topological polar surface area (TPSA) is 73.3 Å². The van der Waals surface area contributed by atoms with Gasteiger partial charge in [-0.25, -0.2) is 14.8 Å². The zero-order valence-corrected chi connectivity index (χ0v) is 18.0. The number of halogens is 1. The molecule has 0 radical (unpaired) electrons. The summed E-state index contributed by atoms with van der Waals surface area (Å²) in [5.74, 6) is 0.826. The zero-order valence-electron chi connectivity index (χ0n) is 15.6. The fourth-order valence-electron chi connectivity index (χ4n) is 2.57. The number of thiophene rings is 1. The predicted octanol–water partition coefficient (Wildman–Crippen LogP) is 4.81. The number of hydrogen-bond donors (Lipinski definition) is 1. The molecule has 0 amide bonds. The van der Waals surface area contributed by atoms with Crippen LogP contribution in [0, 0.1) is 0 Å². The first-order valence-corrected chi connectivity index (χ1v) is 10.4. The normalized spacial score (nSPS) is 10.5. The number of carbonyl (C=O) groups excluding carboxylic acids is 1. The Labute approximate surface area is 176 Å². The summed E-state index contributed by atoms with van der Waals surface area (Å²) >= 11 is 4.73. The first-order valence-electron chi connectivity index (χ1n) is 8.76. The highest BCUT2D eigenvalue weighted by atomic mass is 79.9. The summed E-state index contributed by atoms with van der Waals surface area (Å²) in [6.07, 6.45) is 2.39. The van der Waals surface area contributed by atoms with Crippen molar-refractivity contribution < 1.29 is 14.3 Å². The number of carbonyl (C=O) groups is 1. The lowest BCUT2D eigenvalue weighted by atomic mass is 10.1. The van der Waals surface area contributed by atoms with Crippen LogP contribution in [-0.4, -0.2) is 36.2 Å². The predicted molar refractivity (Wildman–Crippen MR) is 114 cm³/mol. The Hall–Kier alpha value is -2.45. The number of hydrogen-bond acceptors (Lipinski definition) is 7. The molecule has 0 aliphatic heterocycles. The van der Waals surface area contributed by atoms with E-state index >= 15 is 0 Å². The molecule has 6 nitrogen and oxygen atoms in total. The van der Waals surface area contributed by atoms with Gasteiger partial charge >= 0.3 is 5.97 Å². The van der Waals surface area contributed by atoms with E-state index in [4.69, 9.17) is 9.47 Å². The van der Waals surface area contributed by atoms with E-state index < -0.39 is 5.97 Å². The van der Waals surface area contributed by atoms with Crippen molar-refractivity contribution >= 4 is 39.1 Å². The molecule has 2 heterocycles. The second-order valence-corrected chi connectivity index (χ2v) is 7.79. The van der Waals surface area contributed by atoms with Gasteiger partial charge in [-0.2, -0.15) is 0 Å². The Bertz CT molecular complexity index is 944. The molecule has 0 spiro atoms. The third-order valence-corrected chi connectivity index (χ3v) is 5.57. The lowest BCUT2D eigenvalue weighted by molar-refractivity contribution is 0.0602. The molecular formula is C20H20BrN3O3S. The average Bonchev–Trinajstić information content (AvgIpc) is 3.13. The molecule has 0 saturated heterocycles. The molecule has 0 aliphatic rings. The van der Waals surface area contributed by atoms with Crippen LogP contribution in [0.4, 0.5) is 5.82 Å². The number of anilines is 1. The Balaban J connectivity index is 1.72.